The van der Waals surface area contributed by atoms with Crippen molar-refractivity contribution in [3.63, 3.8) is 0 Å². The van der Waals surface area contributed by atoms with E-state index >= 15 is 0 Å². The van der Waals surface area contributed by atoms with Gasteiger partial charge >= 0.3 is 0 Å². The molecule has 1 N–H and O–H groups in total. The number of carbonyl (C=O) groups is 1. The predicted octanol–water partition coefficient (Wildman–Crippen LogP) is 3.01. The van der Waals surface area contributed by atoms with E-state index in [0.29, 0.717) is 6.54 Å². The zero-order chi connectivity index (χ0) is 15.9. The second-order valence-electron chi connectivity index (χ2n) is 5.15. The van der Waals surface area contributed by atoms with Crippen LogP contribution in [0.5, 0.6) is 11.5 Å². The van der Waals surface area contributed by atoms with Crippen LogP contribution in [0.2, 0.25) is 0 Å². The summed E-state index contributed by atoms with van der Waals surface area (Å²) in [5, 5.41) is 2.85. The van der Waals surface area contributed by atoms with Gasteiger partial charge in [0.15, 0.2) is 6.61 Å². The maximum Gasteiger partial charge on any atom is 0.258 e. The van der Waals surface area contributed by atoms with Crippen molar-refractivity contribution in [2.75, 3.05) is 13.7 Å². The fraction of sp³-hybridized carbons (Fsp3) is 0.278. The Kier molecular flexibility index (Phi) is 5.42. The topological polar surface area (TPSA) is 47.6 Å². The molecule has 0 spiro atoms. The van der Waals surface area contributed by atoms with Crippen molar-refractivity contribution < 1.29 is 14.3 Å². The van der Waals surface area contributed by atoms with Gasteiger partial charge in [-0.2, -0.15) is 0 Å². The molecule has 22 heavy (non-hydrogen) atoms. The summed E-state index contributed by atoms with van der Waals surface area (Å²) in [7, 11) is 1.62. The molecule has 2 aromatic carbocycles. The Bertz CT molecular complexity index is 653. The van der Waals surface area contributed by atoms with Gasteiger partial charge in [-0.05, 0) is 31.5 Å². The monoisotopic (exact) mass is 299 g/mol. The maximum atomic E-state index is 11.9. The van der Waals surface area contributed by atoms with Crippen LogP contribution < -0.4 is 14.8 Å². The molecule has 2 rings (SSSR count). The molecule has 0 aliphatic rings. The third-order valence-electron chi connectivity index (χ3n) is 3.36. The summed E-state index contributed by atoms with van der Waals surface area (Å²) in [6, 6.07) is 13.5. The number of carbonyl (C=O) groups excluding carboxylic acids is 1. The van der Waals surface area contributed by atoms with Crippen LogP contribution in [0.4, 0.5) is 0 Å². The number of hydrogen-bond acceptors (Lipinski definition) is 3. The molecule has 0 saturated carbocycles. The van der Waals surface area contributed by atoms with Gasteiger partial charge in [-0.25, -0.2) is 0 Å². The third kappa shape index (κ3) is 4.25. The number of ether oxygens (including phenoxy) is 2. The number of aryl methyl sites for hydroxylation is 2. The normalized spacial score (nSPS) is 10.1. The third-order valence-corrected chi connectivity index (χ3v) is 3.36. The number of nitrogens with one attached hydrogen (secondary N) is 1. The van der Waals surface area contributed by atoms with Gasteiger partial charge in [0.05, 0.1) is 7.11 Å². The first-order valence-electron chi connectivity index (χ1n) is 7.19. The highest BCUT2D eigenvalue weighted by molar-refractivity contribution is 5.77. The van der Waals surface area contributed by atoms with E-state index in [4.69, 9.17) is 9.47 Å². The highest BCUT2D eigenvalue weighted by Crippen LogP contribution is 2.19. The van der Waals surface area contributed by atoms with E-state index in [1.165, 1.54) is 0 Å². The molecule has 4 nitrogen and oxygen atoms in total. The van der Waals surface area contributed by atoms with E-state index in [9.17, 15) is 4.79 Å². The first-order valence-corrected chi connectivity index (χ1v) is 7.19. The van der Waals surface area contributed by atoms with Gasteiger partial charge in [-0.3, -0.25) is 4.79 Å². The highest BCUT2D eigenvalue weighted by Gasteiger charge is 2.07. The minimum absolute atomic E-state index is 0.00101. The first-order chi connectivity index (χ1) is 10.6. The molecule has 0 aliphatic carbocycles. The molecular weight excluding hydrogens is 278 g/mol. The van der Waals surface area contributed by atoms with Crippen LogP contribution in [0.15, 0.2) is 42.5 Å². The number of rotatable bonds is 6. The zero-order valence-electron chi connectivity index (χ0n) is 13.2. The van der Waals surface area contributed by atoms with Crippen molar-refractivity contribution in [3.8, 4) is 11.5 Å². The SMILES string of the molecule is COc1ccc(C)cc1CNC(=O)COc1ccccc1C. The Morgan fingerprint density at radius 2 is 1.86 bits per heavy atom. The van der Waals surface area contributed by atoms with Gasteiger partial charge in [0.1, 0.15) is 11.5 Å². The van der Waals surface area contributed by atoms with Crippen LogP contribution in [0.3, 0.4) is 0 Å². The number of para-hydroxylation sites is 1. The minimum Gasteiger partial charge on any atom is -0.496 e. The molecular formula is C18H21NO3. The van der Waals surface area contributed by atoms with Crippen molar-refractivity contribution in [2.24, 2.45) is 0 Å². The molecule has 0 aliphatic heterocycles. The molecule has 4 heteroatoms. The Morgan fingerprint density at radius 3 is 2.59 bits per heavy atom. The standard InChI is InChI=1S/C18H21NO3/c1-13-8-9-17(21-3)15(10-13)11-19-18(20)12-22-16-7-5-4-6-14(16)2/h4-10H,11-12H2,1-3H3,(H,19,20). The van der Waals surface area contributed by atoms with Crippen LogP contribution in [-0.2, 0) is 11.3 Å². The number of hydrogen-bond donors (Lipinski definition) is 1. The summed E-state index contributed by atoms with van der Waals surface area (Å²) >= 11 is 0. The van der Waals surface area contributed by atoms with Crippen LogP contribution in [0, 0.1) is 13.8 Å². The number of amides is 1. The lowest BCUT2D eigenvalue weighted by Gasteiger charge is -2.12. The van der Waals surface area contributed by atoms with Crippen molar-refractivity contribution in [2.45, 2.75) is 20.4 Å². The van der Waals surface area contributed by atoms with Gasteiger partial charge in [-0.1, -0.05) is 35.9 Å². The molecule has 0 heterocycles. The van der Waals surface area contributed by atoms with E-state index in [2.05, 4.69) is 5.32 Å². The van der Waals surface area contributed by atoms with Crippen molar-refractivity contribution >= 4 is 5.91 Å². The minimum atomic E-state index is -0.160. The lowest BCUT2D eigenvalue weighted by molar-refractivity contribution is -0.123. The smallest absolute Gasteiger partial charge is 0.258 e. The van der Waals surface area contributed by atoms with Crippen molar-refractivity contribution in [1.29, 1.82) is 0 Å². The van der Waals surface area contributed by atoms with E-state index < -0.39 is 0 Å². The lowest BCUT2D eigenvalue weighted by atomic mass is 10.1. The summed E-state index contributed by atoms with van der Waals surface area (Å²) in [4.78, 5) is 11.9. The molecule has 0 radical (unpaired) electrons. The molecule has 2 aromatic rings. The maximum absolute atomic E-state index is 11.9. The van der Waals surface area contributed by atoms with E-state index in [1.807, 2.05) is 56.3 Å². The molecule has 0 aromatic heterocycles. The van der Waals surface area contributed by atoms with E-state index in [0.717, 1.165) is 28.2 Å². The summed E-state index contributed by atoms with van der Waals surface area (Å²) in [5.74, 6) is 1.34. The average Bonchev–Trinajstić information content (AvgIpc) is 2.52. The molecule has 0 atom stereocenters. The van der Waals surface area contributed by atoms with Gasteiger partial charge in [0.25, 0.3) is 5.91 Å². The Morgan fingerprint density at radius 1 is 1.09 bits per heavy atom. The molecule has 0 unspecified atom stereocenters. The van der Waals surface area contributed by atoms with Gasteiger partial charge in [0, 0.05) is 12.1 Å². The summed E-state index contributed by atoms with van der Waals surface area (Å²) in [6.45, 7) is 4.37. The summed E-state index contributed by atoms with van der Waals surface area (Å²) < 4.78 is 10.8. The molecule has 0 fully saturated rings. The van der Waals surface area contributed by atoms with Gasteiger partial charge in [0.2, 0.25) is 0 Å². The average molecular weight is 299 g/mol. The van der Waals surface area contributed by atoms with Crippen LogP contribution in [-0.4, -0.2) is 19.6 Å². The second kappa shape index (κ2) is 7.50. The number of benzene rings is 2. The summed E-state index contributed by atoms with van der Waals surface area (Å²) in [5.41, 5.74) is 3.09. The quantitative estimate of drug-likeness (QED) is 0.892. The van der Waals surface area contributed by atoms with Crippen LogP contribution in [0.1, 0.15) is 16.7 Å². The Hall–Kier alpha value is -2.49. The molecule has 0 bridgehead atoms. The van der Waals surface area contributed by atoms with Crippen LogP contribution in [0.25, 0.3) is 0 Å². The van der Waals surface area contributed by atoms with E-state index in [1.54, 1.807) is 7.11 Å². The fourth-order valence-corrected chi connectivity index (χ4v) is 2.15. The van der Waals surface area contributed by atoms with Crippen molar-refractivity contribution in [3.05, 3.63) is 59.2 Å². The Balaban J connectivity index is 1.88. The lowest BCUT2D eigenvalue weighted by Crippen LogP contribution is -2.28. The fourth-order valence-electron chi connectivity index (χ4n) is 2.15. The molecule has 116 valence electrons. The van der Waals surface area contributed by atoms with Crippen LogP contribution >= 0.6 is 0 Å². The van der Waals surface area contributed by atoms with Crippen molar-refractivity contribution in [1.82, 2.24) is 5.32 Å². The second-order valence-corrected chi connectivity index (χ2v) is 5.15. The van der Waals surface area contributed by atoms with E-state index in [-0.39, 0.29) is 12.5 Å². The molecule has 1 amide bonds. The predicted molar refractivity (Wildman–Crippen MR) is 86.3 cm³/mol. The Labute approximate surface area is 131 Å². The first kappa shape index (κ1) is 15.9. The number of methoxy groups -OCH3 is 1. The summed E-state index contributed by atoms with van der Waals surface area (Å²) in [6.07, 6.45) is 0. The van der Waals surface area contributed by atoms with Gasteiger partial charge in [-0.15, -0.1) is 0 Å². The zero-order valence-corrected chi connectivity index (χ0v) is 13.2. The molecule has 0 saturated heterocycles. The highest BCUT2D eigenvalue weighted by atomic mass is 16.5. The largest absolute Gasteiger partial charge is 0.496 e. The van der Waals surface area contributed by atoms with Gasteiger partial charge < -0.3 is 14.8 Å².